The van der Waals surface area contributed by atoms with Gasteiger partial charge in [-0.3, -0.25) is 4.79 Å². The minimum Gasteiger partial charge on any atom is -0.393 e. The van der Waals surface area contributed by atoms with Crippen molar-refractivity contribution in [2.24, 2.45) is 5.41 Å². The van der Waals surface area contributed by atoms with E-state index in [1.54, 1.807) is 6.92 Å². The number of hydrogen-bond donors (Lipinski definition) is 3. The molecule has 4 heteroatoms. The molecule has 0 spiro atoms. The summed E-state index contributed by atoms with van der Waals surface area (Å²) in [5.74, 6) is 0.182. The van der Waals surface area contributed by atoms with Crippen molar-refractivity contribution in [2.45, 2.75) is 52.1 Å². The highest BCUT2D eigenvalue weighted by molar-refractivity contribution is 5.82. The van der Waals surface area contributed by atoms with Crippen LogP contribution in [0.1, 0.15) is 46.0 Å². The SMILES string of the molecule is CCCC1(C(=O)NCCC(C)O)CCNCC1. The van der Waals surface area contributed by atoms with Gasteiger partial charge < -0.3 is 15.7 Å². The number of piperidine rings is 1. The number of rotatable bonds is 6. The van der Waals surface area contributed by atoms with E-state index >= 15 is 0 Å². The zero-order chi connectivity index (χ0) is 12.7. The molecular weight excluding hydrogens is 216 g/mol. The summed E-state index contributed by atoms with van der Waals surface area (Å²) in [4.78, 5) is 12.3. The number of amides is 1. The van der Waals surface area contributed by atoms with Gasteiger partial charge in [-0.15, -0.1) is 0 Å². The Morgan fingerprint density at radius 2 is 2.12 bits per heavy atom. The molecular formula is C13H26N2O2. The van der Waals surface area contributed by atoms with Crippen molar-refractivity contribution in [3.05, 3.63) is 0 Å². The van der Waals surface area contributed by atoms with Gasteiger partial charge in [-0.1, -0.05) is 13.3 Å². The van der Waals surface area contributed by atoms with Crippen molar-refractivity contribution < 1.29 is 9.90 Å². The van der Waals surface area contributed by atoms with Gasteiger partial charge in [0.1, 0.15) is 0 Å². The molecule has 1 heterocycles. The summed E-state index contributed by atoms with van der Waals surface area (Å²) in [5, 5.41) is 15.5. The summed E-state index contributed by atoms with van der Waals surface area (Å²) in [6.45, 7) is 6.33. The van der Waals surface area contributed by atoms with Crippen LogP contribution < -0.4 is 10.6 Å². The van der Waals surface area contributed by atoms with Gasteiger partial charge in [-0.25, -0.2) is 0 Å². The molecule has 1 aliphatic heterocycles. The fraction of sp³-hybridized carbons (Fsp3) is 0.923. The fourth-order valence-electron chi connectivity index (χ4n) is 2.56. The van der Waals surface area contributed by atoms with Crippen LogP contribution in [0.15, 0.2) is 0 Å². The number of carbonyl (C=O) groups is 1. The van der Waals surface area contributed by atoms with Crippen LogP contribution in [-0.2, 0) is 4.79 Å². The van der Waals surface area contributed by atoms with Gasteiger partial charge in [0, 0.05) is 6.54 Å². The fourth-order valence-corrected chi connectivity index (χ4v) is 2.56. The average Bonchev–Trinajstić information content (AvgIpc) is 2.30. The van der Waals surface area contributed by atoms with Gasteiger partial charge in [0.05, 0.1) is 11.5 Å². The third kappa shape index (κ3) is 4.28. The number of nitrogens with one attached hydrogen (secondary N) is 2. The molecule has 1 unspecified atom stereocenters. The van der Waals surface area contributed by atoms with Crippen LogP contribution in [0.5, 0.6) is 0 Å². The molecule has 0 aliphatic carbocycles. The Bertz CT molecular complexity index is 230. The van der Waals surface area contributed by atoms with Crippen LogP contribution in [0.2, 0.25) is 0 Å². The third-order valence-corrected chi connectivity index (χ3v) is 3.62. The van der Waals surface area contributed by atoms with Gasteiger partial charge >= 0.3 is 0 Å². The van der Waals surface area contributed by atoms with Gasteiger partial charge in [0.15, 0.2) is 0 Å². The maximum Gasteiger partial charge on any atom is 0.226 e. The van der Waals surface area contributed by atoms with Gasteiger partial charge in [-0.05, 0) is 45.7 Å². The van der Waals surface area contributed by atoms with E-state index in [1.807, 2.05) is 0 Å². The first-order valence-electron chi connectivity index (χ1n) is 6.78. The van der Waals surface area contributed by atoms with E-state index in [0.29, 0.717) is 13.0 Å². The van der Waals surface area contributed by atoms with Gasteiger partial charge in [-0.2, -0.15) is 0 Å². The molecule has 4 nitrogen and oxygen atoms in total. The molecule has 1 rings (SSSR count). The monoisotopic (exact) mass is 242 g/mol. The molecule has 0 saturated carbocycles. The van der Waals surface area contributed by atoms with Crippen LogP contribution >= 0.6 is 0 Å². The summed E-state index contributed by atoms with van der Waals surface area (Å²) < 4.78 is 0. The molecule has 1 saturated heterocycles. The minimum absolute atomic E-state index is 0.168. The Morgan fingerprint density at radius 1 is 1.47 bits per heavy atom. The van der Waals surface area contributed by atoms with E-state index in [9.17, 15) is 9.90 Å². The predicted molar refractivity (Wildman–Crippen MR) is 68.8 cm³/mol. The Morgan fingerprint density at radius 3 is 2.65 bits per heavy atom. The van der Waals surface area contributed by atoms with E-state index in [4.69, 9.17) is 0 Å². The molecule has 0 radical (unpaired) electrons. The first kappa shape index (κ1) is 14.5. The smallest absolute Gasteiger partial charge is 0.226 e. The highest BCUT2D eigenvalue weighted by atomic mass is 16.3. The largest absolute Gasteiger partial charge is 0.393 e. The van der Waals surface area contributed by atoms with Crippen LogP contribution in [0.4, 0.5) is 0 Å². The molecule has 1 fully saturated rings. The summed E-state index contributed by atoms with van der Waals surface area (Å²) in [6, 6.07) is 0. The number of aliphatic hydroxyl groups excluding tert-OH is 1. The molecule has 3 N–H and O–H groups in total. The zero-order valence-corrected chi connectivity index (χ0v) is 11.1. The second kappa shape index (κ2) is 6.97. The first-order chi connectivity index (χ1) is 8.10. The van der Waals surface area contributed by atoms with E-state index in [1.165, 1.54) is 0 Å². The maximum atomic E-state index is 12.3. The molecule has 100 valence electrons. The lowest BCUT2D eigenvalue weighted by Gasteiger charge is -2.36. The van der Waals surface area contributed by atoms with Crippen molar-refractivity contribution in [2.75, 3.05) is 19.6 Å². The Balaban J connectivity index is 2.48. The standard InChI is InChI=1S/C13H26N2O2/c1-3-5-13(6-9-14-10-7-13)12(17)15-8-4-11(2)16/h11,14,16H,3-10H2,1-2H3,(H,15,17). The molecule has 17 heavy (non-hydrogen) atoms. The lowest BCUT2D eigenvalue weighted by molar-refractivity contribution is -0.133. The zero-order valence-electron chi connectivity index (χ0n) is 11.1. The lowest BCUT2D eigenvalue weighted by atomic mass is 9.74. The molecule has 1 atom stereocenters. The normalized spacial score (nSPS) is 20.9. The van der Waals surface area contributed by atoms with Crippen LogP contribution in [-0.4, -0.2) is 36.8 Å². The Hall–Kier alpha value is -0.610. The molecule has 0 aromatic carbocycles. The van der Waals surface area contributed by atoms with E-state index in [-0.39, 0.29) is 17.4 Å². The van der Waals surface area contributed by atoms with Crippen molar-refractivity contribution in [3.63, 3.8) is 0 Å². The quantitative estimate of drug-likeness (QED) is 0.652. The summed E-state index contributed by atoms with van der Waals surface area (Å²) in [7, 11) is 0. The molecule has 0 aromatic rings. The number of carbonyl (C=O) groups excluding carboxylic acids is 1. The van der Waals surface area contributed by atoms with E-state index in [0.717, 1.165) is 38.8 Å². The van der Waals surface area contributed by atoms with Crippen LogP contribution in [0.25, 0.3) is 0 Å². The van der Waals surface area contributed by atoms with Crippen molar-refractivity contribution in [3.8, 4) is 0 Å². The second-order valence-electron chi connectivity index (χ2n) is 5.17. The van der Waals surface area contributed by atoms with Crippen LogP contribution in [0, 0.1) is 5.41 Å². The van der Waals surface area contributed by atoms with E-state index in [2.05, 4.69) is 17.6 Å². The van der Waals surface area contributed by atoms with E-state index < -0.39 is 0 Å². The summed E-state index contributed by atoms with van der Waals surface area (Å²) in [6.07, 6.45) is 4.17. The number of hydrogen-bond acceptors (Lipinski definition) is 3. The van der Waals surface area contributed by atoms with Crippen molar-refractivity contribution >= 4 is 5.91 Å². The highest BCUT2D eigenvalue weighted by Gasteiger charge is 2.38. The highest BCUT2D eigenvalue weighted by Crippen LogP contribution is 2.34. The third-order valence-electron chi connectivity index (χ3n) is 3.62. The molecule has 0 bridgehead atoms. The van der Waals surface area contributed by atoms with Gasteiger partial charge in [0.25, 0.3) is 0 Å². The maximum absolute atomic E-state index is 12.3. The van der Waals surface area contributed by atoms with Crippen molar-refractivity contribution in [1.29, 1.82) is 0 Å². The van der Waals surface area contributed by atoms with Gasteiger partial charge in [0.2, 0.25) is 5.91 Å². The van der Waals surface area contributed by atoms with Crippen LogP contribution in [0.3, 0.4) is 0 Å². The molecule has 1 aliphatic rings. The lowest BCUT2D eigenvalue weighted by Crippen LogP contribution is -2.48. The van der Waals surface area contributed by atoms with Crippen molar-refractivity contribution in [1.82, 2.24) is 10.6 Å². The Labute approximate surface area is 104 Å². The average molecular weight is 242 g/mol. The summed E-state index contributed by atoms with van der Waals surface area (Å²) in [5.41, 5.74) is -0.168. The predicted octanol–water partition coefficient (Wildman–Crippen LogP) is 1.04. The molecule has 1 amide bonds. The summed E-state index contributed by atoms with van der Waals surface area (Å²) >= 11 is 0. The minimum atomic E-state index is -0.342. The Kier molecular flexibility index (Phi) is 5.92. The second-order valence-corrected chi connectivity index (χ2v) is 5.17. The molecule has 0 aromatic heterocycles. The topological polar surface area (TPSA) is 61.4 Å². The number of aliphatic hydroxyl groups is 1. The first-order valence-corrected chi connectivity index (χ1v) is 6.78.